The van der Waals surface area contributed by atoms with Crippen molar-refractivity contribution in [1.29, 1.82) is 5.26 Å². The van der Waals surface area contributed by atoms with Crippen LogP contribution in [0.15, 0.2) is 36.9 Å². The molecule has 1 atom stereocenters. The molecule has 122 valence electrons. The van der Waals surface area contributed by atoms with Gasteiger partial charge in [-0.15, -0.1) is 6.58 Å². The largest absolute Gasteiger partial charge is 0.508 e. The molecule has 7 heteroatoms. The molecule has 0 fully saturated rings. The number of nitriles is 1. The molecule has 0 spiro atoms. The summed E-state index contributed by atoms with van der Waals surface area (Å²) in [6.07, 6.45) is 3.24. The normalized spacial score (nSPS) is 11.0. The van der Waals surface area contributed by atoms with E-state index in [0.29, 0.717) is 6.42 Å². The van der Waals surface area contributed by atoms with Crippen LogP contribution in [0.3, 0.4) is 0 Å². The Labute approximate surface area is 134 Å². The van der Waals surface area contributed by atoms with Gasteiger partial charge in [-0.1, -0.05) is 18.2 Å². The highest BCUT2D eigenvalue weighted by atomic mass is 16.5. The molecule has 0 saturated carbocycles. The van der Waals surface area contributed by atoms with Crippen molar-refractivity contribution in [2.24, 2.45) is 0 Å². The highest BCUT2D eigenvalue weighted by molar-refractivity contribution is 5.86. The van der Waals surface area contributed by atoms with Gasteiger partial charge in [0.05, 0.1) is 6.61 Å². The Bertz CT molecular complexity index is 592. The smallest absolute Gasteiger partial charge is 0.407 e. The van der Waals surface area contributed by atoms with Gasteiger partial charge in [0, 0.05) is 13.5 Å². The van der Waals surface area contributed by atoms with Crippen molar-refractivity contribution in [3.8, 4) is 11.9 Å². The number of carbonyl (C=O) groups is 2. The number of hydrogen-bond donors (Lipinski definition) is 2. The van der Waals surface area contributed by atoms with Gasteiger partial charge in [0.1, 0.15) is 11.8 Å². The Balaban J connectivity index is 2.78. The second kappa shape index (κ2) is 9.10. The van der Waals surface area contributed by atoms with Crippen LogP contribution in [0.1, 0.15) is 12.0 Å². The number of phenolic OH excluding ortho intramolecular Hbond substituents is 1. The molecule has 0 radical (unpaired) electrons. The van der Waals surface area contributed by atoms with Crippen molar-refractivity contribution in [3.05, 3.63) is 42.5 Å². The van der Waals surface area contributed by atoms with Crippen LogP contribution in [0.25, 0.3) is 0 Å². The number of benzene rings is 1. The molecular formula is C16H19N3O4. The summed E-state index contributed by atoms with van der Waals surface area (Å²) in [5, 5.41) is 20.6. The van der Waals surface area contributed by atoms with Crippen molar-refractivity contribution in [3.63, 3.8) is 0 Å². The standard InChI is InChI=1S/C16H19N3O4/c1-3-4-9-23-16(22)18-14(15(21)19(2)11-17)10-12-5-7-13(20)8-6-12/h3,5-8,14,20H,1,4,9-10H2,2H3,(H,18,22). The molecular weight excluding hydrogens is 298 g/mol. The third-order valence-electron chi connectivity index (χ3n) is 3.00. The highest BCUT2D eigenvalue weighted by Gasteiger charge is 2.25. The van der Waals surface area contributed by atoms with Crippen molar-refractivity contribution in [2.45, 2.75) is 18.9 Å². The zero-order valence-corrected chi connectivity index (χ0v) is 12.9. The summed E-state index contributed by atoms with van der Waals surface area (Å²) in [6, 6.07) is 5.28. The summed E-state index contributed by atoms with van der Waals surface area (Å²) in [4.78, 5) is 24.7. The fourth-order valence-electron chi connectivity index (χ4n) is 1.77. The van der Waals surface area contributed by atoms with E-state index in [1.165, 1.54) is 19.2 Å². The fourth-order valence-corrected chi connectivity index (χ4v) is 1.77. The number of amides is 2. The molecule has 0 aromatic heterocycles. The quantitative estimate of drug-likeness (QED) is 0.344. The minimum Gasteiger partial charge on any atom is -0.508 e. The predicted octanol–water partition coefficient (Wildman–Crippen LogP) is 1.55. The summed E-state index contributed by atoms with van der Waals surface area (Å²) in [5.74, 6) is -0.455. The number of phenols is 1. The average Bonchev–Trinajstić information content (AvgIpc) is 2.55. The number of likely N-dealkylation sites (N-methyl/N-ethyl adjacent to an activating group) is 1. The lowest BCUT2D eigenvalue weighted by molar-refractivity contribution is -0.129. The van der Waals surface area contributed by atoms with E-state index in [1.807, 2.05) is 0 Å². The molecule has 2 N–H and O–H groups in total. The maximum atomic E-state index is 12.2. The van der Waals surface area contributed by atoms with Gasteiger partial charge in [-0.2, -0.15) is 5.26 Å². The van der Waals surface area contributed by atoms with E-state index in [-0.39, 0.29) is 18.8 Å². The summed E-state index contributed by atoms with van der Waals surface area (Å²) in [6.45, 7) is 3.67. The molecule has 23 heavy (non-hydrogen) atoms. The van der Waals surface area contributed by atoms with Crippen LogP contribution >= 0.6 is 0 Å². The van der Waals surface area contributed by atoms with E-state index >= 15 is 0 Å². The lowest BCUT2D eigenvalue weighted by Crippen LogP contribution is -2.47. The molecule has 0 saturated heterocycles. The first-order valence-corrected chi connectivity index (χ1v) is 6.97. The van der Waals surface area contributed by atoms with Crippen molar-refractivity contribution in [2.75, 3.05) is 13.7 Å². The lowest BCUT2D eigenvalue weighted by Gasteiger charge is -2.20. The first-order chi connectivity index (χ1) is 11.0. The lowest BCUT2D eigenvalue weighted by atomic mass is 10.0. The summed E-state index contributed by atoms with van der Waals surface area (Å²) >= 11 is 0. The minimum absolute atomic E-state index is 0.0996. The molecule has 1 aromatic carbocycles. The Morgan fingerprint density at radius 3 is 2.70 bits per heavy atom. The average molecular weight is 317 g/mol. The fraction of sp³-hybridized carbons (Fsp3) is 0.312. The van der Waals surface area contributed by atoms with Crippen molar-refractivity contribution < 1.29 is 19.4 Å². The number of hydrogen-bond acceptors (Lipinski definition) is 5. The molecule has 2 amide bonds. The second-order valence-electron chi connectivity index (χ2n) is 4.78. The number of aromatic hydroxyl groups is 1. The number of ether oxygens (including phenoxy) is 1. The Kier molecular flexibility index (Phi) is 7.14. The number of nitrogens with one attached hydrogen (secondary N) is 1. The van der Waals surface area contributed by atoms with Crippen molar-refractivity contribution in [1.82, 2.24) is 10.2 Å². The monoisotopic (exact) mass is 317 g/mol. The molecule has 1 unspecified atom stereocenters. The SMILES string of the molecule is C=CCCOC(=O)NC(Cc1ccc(O)cc1)C(=O)N(C)C#N. The topological polar surface area (TPSA) is 103 Å². The van der Waals surface area contributed by atoms with Gasteiger partial charge in [0.25, 0.3) is 5.91 Å². The molecule has 0 aliphatic rings. The molecule has 0 heterocycles. The summed E-state index contributed by atoms with van der Waals surface area (Å²) < 4.78 is 4.92. The van der Waals surface area contributed by atoms with E-state index in [2.05, 4.69) is 11.9 Å². The third-order valence-corrected chi connectivity index (χ3v) is 3.00. The maximum Gasteiger partial charge on any atom is 0.407 e. The van der Waals surface area contributed by atoms with E-state index in [9.17, 15) is 14.7 Å². The minimum atomic E-state index is -0.944. The van der Waals surface area contributed by atoms with Gasteiger partial charge >= 0.3 is 6.09 Å². The number of nitrogens with zero attached hydrogens (tertiary/aromatic N) is 2. The number of carbonyl (C=O) groups excluding carboxylic acids is 2. The summed E-state index contributed by atoms with van der Waals surface area (Å²) in [7, 11) is 1.32. The predicted molar refractivity (Wildman–Crippen MR) is 83.3 cm³/mol. The van der Waals surface area contributed by atoms with E-state index < -0.39 is 18.0 Å². The first kappa shape index (κ1) is 18.0. The Morgan fingerprint density at radius 1 is 1.48 bits per heavy atom. The zero-order valence-electron chi connectivity index (χ0n) is 12.9. The maximum absolute atomic E-state index is 12.2. The molecule has 1 aromatic rings. The van der Waals surface area contributed by atoms with Crippen LogP contribution in [0, 0.1) is 11.5 Å². The van der Waals surface area contributed by atoms with Gasteiger partial charge in [-0.05, 0) is 24.1 Å². The van der Waals surface area contributed by atoms with Crippen LogP contribution in [0.2, 0.25) is 0 Å². The molecule has 0 aliphatic carbocycles. The van der Waals surface area contributed by atoms with Crippen LogP contribution < -0.4 is 5.32 Å². The molecule has 0 bridgehead atoms. The third kappa shape index (κ3) is 6.09. The van der Waals surface area contributed by atoms with Crippen LogP contribution in [-0.4, -0.2) is 41.7 Å². The van der Waals surface area contributed by atoms with E-state index in [0.717, 1.165) is 10.5 Å². The highest BCUT2D eigenvalue weighted by Crippen LogP contribution is 2.12. The van der Waals surface area contributed by atoms with Crippen LogP contribution in [-0.2, 0) is 16.0 Å². The van der Waals surface area contributed by atoms with Gasteiger partial charge in [0.2, 0.25) is 0 Å². The molecule has 7 nitrogen and oxygen atoms in total. The molecule has 0 aliphatic heterocycles. The second-order valence-corrected chi connectivity index (χ2v) is 4.78. The number of rotatable bonds is 7. The van der Waals surface area contributed by atoms with Gasteiger partial charge < -0.3 is 15.2 Å². The van der Waals surface area contributed by atoms with Crippen molar-refractivity contribution >= 4 is 12.0 Å². The van der Waals surface area contributed by atoms with Crippen LogP contribution in [0.5, 0.6) is 5.75 Å². The summed E-state index contributed by atoms with van der Waals surface area (Å²) in [5.41, 5.74) is 0.721. The van der Waals surface area contributed by atoms with E-state index in [4.69, 9.17) is 10.00 Å². The van der Waals surface area contributed by atoms with Gasteiger partial charge in [0.15, 0.2) is 6.19 Å². The van der Waals surface area contributed by atoms with E-state index in [1.54, 1.807) is 24.4 Å². The molecule has 1 rings (SSSR count). The van der Waals surface area contributed by atoms with Crippen LogP contribution in [0.4, 0.5) is 4.79 Å². The Hall–Kier alpha value is -3.01. The number of alkyl carbamates (subject to hydrolysis) is 1. The van der Waals surface area contributed by atoms with Gasteiger partial charge in [-0.3, -0.25) is 9.69 Å². The zero-order chi connectivity index (χ0) is 17.2. The van der Waals surface area contributed by atoms with Gasteiger partial charge in [-0.25, -0.2) is 4.79 Å². The first-order valence-electron chi connectivity index (χ1n) is 6.97. The Morgan fingerprint density at radius 2 is 2.13 bits per heavy atom.